The molecule has 6 nitrogen and oxygen atoms in total. The van der Waals surface area contributed by atoms with Crippen LogP contribution in [0.1, 0.15) is 44.9 Å². The zero-order valence-corrected chi connectivity index (χ0v) is 12.2. The third kappa shape index (κ3) is 5.36. The van der Waals surface area contributed by atoms with Gasteiger partial charge in [0.15, 0.2) is 0 Å². The van der Waals surface area contributed by atoms with Gasteiger partial charge in [0.25, 0.3) is 0 Å². The number of carbonyl (C=O) groups is 2. The number of carboxylic acid groups (broad SMARTS) is 1. The van der Waals surface area contributed by atoms with Crippen LogP contribution >= 0.6 is 0 Å². The second-order valence-electron chi connectivity index (χ2n) is 5.79. The molecule has 1 fully saturated rings. The van der Waals surface area contributed by atoms with Crippen LogP contribution in [0, 0.1) is 5.41 Å². The number of unbranched alkanes of at least 4 members (excludes halogenated alkanes) is 2. The first-order chi connectivity index (χ1) is 9.49. The molecular formula is C14H26N2O4. The smallest absolute Gasteiger partial charge is 0.317 e. The molecule has 1 aliphatic carbocycles. The van der Waals surface area contributed by atoms with Gasteiger partial charge in [0.1, 0.15) is 0 Å². The molecule has 6 heteroatoms. The average Bonchev–Trinajstić information content (AvgIpc) is 2.36. The van der Waals surface area contributed by atoms with Gasteiger partial charge >= 0.3 is 12.0 Å². The molecule has 0 heterocycles. The summed E-state index contributed by atoms with van der Waals surface area (Å²) in [4.78, 5) is 24.4. The molecule has 3 N–H and O–H groups in total. The number of nitrogens with zero attached hydrogens (tertiary/aromatic N) is 1. The molecule has 0 unspecified atom stereocenters. The Morgan fingerprint density at radius 2 is 1.95 bits per heavy atom. The SMILES string of the molecule is CN(CCCCCO)C(=O)NCC1(CC(=O)O)CCC1. The van der Waals surface area contributed by atoms with Crippen molar-refractivity contribution >= 4 is 12.0 Å². The van der Waals surface area contributed by atoms with E-state index < -0.39 is 5.97 Å². The van der Waals surface area contributed by atoms with Crippen LogP contribution in [0.5, 0.6) is 0 Å². The van der Waals surface area contributed by atoms with E-state index in [-0.39, 0.29) is 24.5 Å². The minimum atomic E-state index is -0.795. The van der Waals surface area contributed by atoms with Gasteiger partial charge < -0.3 is 20.4 Å². The van der Waals surface area contributed by atoms with E-state index in [4.69, 9.17) is 10.2 Å². The van der Waals surface area contributed by atoms with Crippen molar-refractivity contribution in [2.45, 2.75) is 44.9 Å². The lowest BCUT2D eigenvalue weighted by Gasteiger charge is -2.41. The summed E-state index contributed by atoms with van der Waals surface area (Å²) in [6, 6.07) is -0.148. The molecule has 0 aromatic heterocycles. The minimum absolute atomic E-state index is 0.132. The summed E-state index contributed by atoms with van der Waals surface area (Å²) >= 11 is 0. The number of aliphatic hydroxyl groups is 1. The second-order valence-corrected chi connectivity index (χ2v) is 5.79. The van der Waals surface area contributed by atoms with Crippen molar-refractivity contribution < 1.29 is 19.8 Å². The number of carboxylic acids is 1. The summed E-state index contributed by atoms with van der Waals surface area (Å²) in [5, 5.41) is 20.4. The maximum atomic E-state index is 11.9. The number of nitrogens with one attached hydrogen (secondary N) is 1. The van der Waals surface area contributed by atoms with Crippen molar-refractivity contribution in [1.29, 1.82) is 0 Å². The van der Waals surface area contributed by atoms with Crippen molar-refractivity contribution in [2.75, 3.05) is 26.7 Å². The standard InChI is InChI=1S/C14H26N2O4/c1-16(8-3-2-4-9-17)13(20)15-11-14(6-5-7-14)10-12(18)19/h17H,2-11H2,1H3,(H,15,20)(H,18,19). The van der Waals surface area contributed by atoms with Gasteiger partial charge in [-0.2, -0.15) is 0 Å². The maximum absolute atomic E-state index is 11.9. The molecule has 0 spiro atoms. The maximum Gasteiger partial charge on any atom is 0.317 e. The molecule has 0 radical (unpaired) electrons. The third-order valence-corrected chi connectivity index (χ3v) is 4.05. The van der Waals surface area contributed by atoms with Gasteiger partial charge in [-0.25, -0.2) is 4.79 Å². The Kier molecular flexibility index (Phi) is 6.78. The van der Waals surface area contributed by atoms with E-state index in [1.807, 2.05) is 0 Å². The number of urea groups is 1. The van der Waals surface area contributed by atoms with Gasteiger partial charge in [0.05, 0.1) is 6.42 Å². The van der Waals surface area contributed by atoms with Gasteiger partial charge in [-0.05, 0) is 37.5 Å². The van der Waals surface area contributed by atoms with Crippen LogP contribution in [0.25, 0.3) is 0 Å². The lowest BCUT2D eigenvalue weighted by molar-refractivity contribution is -0.141. The van der Waals surface area contributed by atoms with E-state index in [2.05, 4.69) is 5.32 Å². The van der Waals surface area contributed by atoms with Gasteiger partial charge in [-0.1, -0.05) is 6.42 Å². The number of rotatable bonds is 9. The Bertz CT molecular complexity index is 329. The number of aliphatic hydroxyl groups excluding tert-OH is 1. The Morgan fingerprint density at radius 1 is 1.25 bits per heavy atom. The highest BCUT2D eigenvalue weighted by molar-refractivity contribution is 5.74. The predicted octanol–water partition coefficient (Wildman–Crippen LogP) is 1.44. The largest absolute Gasteiger partial charge is 0.481 e. The van der Waals surface area contributed by atoms with Crippen molar-refractivity contribution in [3.63, 3.8) is 0 Å². The molecule has 1 rings (SSSR count). The number of carbonyl (C=O) groups excluding carboxylic acids is 1. The Balaban J connectivity index is 2.25. The summed E-state index contributed by atoms with van der Waals surface area (Å²) in [5.41, 5.74) is -0.237. The molecule has 0 saturated heterocycles. The van der Waals surface area contributed by atoms with E-state index >= 15 is 0 Å². The van der Waals surface area contributed by atoms with Crippen molar-refractivity contribution in [2.24, 2.45) is 5.41 Å². The lowest BCUT2D eigenvalue weighted by atomic mass is 9.66. The Labute approximate surface area is 120 Å². The topological polar surface area (TPSA) is 89.9 Å². The van der Waals surface area contributed by atoms with Crippen LogP contribution in [0.3, 0.4) is 0 Å². The number of hydrogen-bond acceptors (Lipinski definition) is 3. The van der Waals surface area contributed by atoms with Crippen molar-refractivity contribution in [1.82, 2.24) is 10.2 Å². The van der Waals surface area contributed by atoms with E-state index in [0.29, 0.717) is 13.1 Å². The molecule has 1 saturated carbocycles. The van der Waals surface area contributed by atoms with Crippen LogP contribution < -0.4 is 5.32 Å². The molecule has 2 amide bonds. The number of hydrogen-bond donors (Lipinski definition) is 3. The first-order valence-corrected chi connectivity index (χ1v) is 7.31. The van der Waals surface area contributed by atoms with Crippen LogP contribution in [-0.4, -0.2) is 53.9 Å². The number of aliphatic carboxylic acids is 1. The summed E-state index contributed by atoms with van der Waals surface area (Å²) in [6.45, 7) is 1.28. The fourth-order valence-corrected chi connectivity index (χ4v) is 2.55. The van der Waals surface area contributed by atoms with Gasteiger partial charge in [-0.3, -0.25) is 4.79 Å². The fraction of sp³-hybridized carbons (Fsp3) is 0.857. The van der Waals surface area contributed by atoms with Crippen LogP contribution in [0.2, 0.25) is 0 Å². The van der Waals surface area contributed by atoms with Crippen molar-refractivity contribution in [3.05, 3.63) is 0 Å². The summed E-state index contributed by atoms with van der Waals surface area (Å²) in [7, 11) is 1.74. The van der Waals surface area contributed by atoms with E-state index in [0.717, 1.165) is 38.5 Å². The predicted molar refractivity (Wildman–Crippen MR) is 75.5 cm³/mol. The van der Waals surface area contributed by atoms with Crippen LogP contribution in [-0.2, 0) is 4.79 Å². The molecule has 0 aromatic carbocycles. The summed E-state index contributed by atoms with van der Waals surface area (Å²) in [5.74, 6) is -0.795. The molecule has 1 aliphatic rings. The zero-order valence-electron chi connectivity index (χ0n) is 12.2. The van der Waals surface area contributed by atoms with E-state index in [1.54, 1.807) is 11.9 Å². The zero-order chi connectivity index (χ0) is 15.0. The molecule has 0 aliphatic heterocycles. The molecule has 116 valence electrons. The van der Waals surface area contributed by atoms with Crippen LogP contribution in [0.15, 0.2) is 0 Å². The molecule has 0 bridgehead atoms. The average molecular weight is 286 g/mol. The third-order valence-electron chi connectivity index (χ3n) is 4.05. The van der Waals surface area contributed by atoms with E-state index in [9.17, 15) is 9.59 Å². The second kappa shape index (κ2) is 8.09. The van der Waals surface area contributed by atoms with Gasteiger partial charge in [0, 0.05) is 26.7 Å². The normalized spacial score (nSPS) is 16.3. The highest BCUT2D eigenvalue weighted by atomic mass is 16.4. The Morgan fingerprint density at radius 3 is 2.45 bits per heavy atom. The molecule has 0 atom stereocenters. The van der Waals surface area contributed by atoms with Gasteiger partial charge in [0.2, 0.25) is 0 Å². The van der Waals surface area contributed by atoms with Gasteiger partial charge in [-0.15, -0.1) is 0 Å². The highest BCUT2D eigenvalue weighted by Crippen LogP contribution is 2.43. The molecule has 20 heavy (non-hydrogen) atoms. The molecular weight excluding hydrogens is 260 g/mol. The summed E-state index contributed by atoms with van der Waals surface area (Å²) in [6.07, 6.45) is 5.45. The fourth-order valence-electron chi connectivity index (χ4n) is 2.55. The minimum Gasteiger partial charge on any atom is -0.481 e. The lowest BCUT2D eigenvalue weighted by Crippen LogP contribution is -2.47. The molecule has 0 aromatic rings. The van der Waals surface area contributed by atoms with Crippen LogP contribution in [0.4, 0.5) is 4.79 Å². The highest BCUT2D eigenvalue weighted by Gasteiger charge is 2.39. The quantitative estimate of drug-likeness (QED) is 0.559. The van der Waals surface area contributed by atoms with E-state index in [1.165, 1.54) is 0 Å². The first-order valence-electron chi connectivity index (χ1n) is 7.31. The van der Waals surface area contributed by atoms with Crippen molar-refractivity contribution in [3.8, 4) is 0 Å². The Hall–Kier alpha value is -1.30. The first kappa shape index (κ1) is 16.8. The monoisotopic (exact) mass is 286 g/mol. The number of amides is 2. The summed E-state index contributed by atoms with van der Waals surface area (Å²) < 4.78 is 0.